The third-order valence-corrected chi connectivity index (χ3v) is 1.33. The molecule has 4 heteroatoms. The molecule has 1 aliphatic rings. The summed E-state index contributed by atoms with van der Waals surface area (Å²) in [5.41, 5.74) is 0. The van der Waals surface area contributed by atoms with Crippen LogP contribution in [0.4, 0.5) is 4.39 Å². The van der Waals surface area contributed by atoms with E-state index in [9.17, 15) is 9.18 Å². The Hall–Kier alpha value is -0.640. The maximum atomic E-state index is 12.3. The fourth-order valence-electron chi connectivity index (χ4n) is 0.754. The van der Waals surface area contributed by atoms with E-state index in [0.717, 1.165) is 0 Å². The number of alkyl halides is 1. The van der Waals surface area contributed by atoms with Gasteiger partial charge in [-0.3, -0.25) is 4.79 Å². The second-order valence-electron chi connectivity index (χ2n) is 2.00. The van der Waals surface area contributed by atoms with Crippen LogP contribution in [0.1, 0.15) is 0 Å². The van der Waals surface area contributed by atoms with Crippen LogP contribution in [0.2, 0.25) is 0 Å². The Bertz CT molecular complexity index is 125. The van der Waals surface area contributed by atoms with Crippen LogP contribution in [-0.4, -0.2) is 30.5 Å². The Kier molecular flexibility index (Phi) is 1.66. The van der Waals surface area contributed by atoms with Crippen molar-refractivity contribution in [3.8, 4) is 0 Å². The second-order valence-corrected chi connectivity index (χ2v) is 2.00. The molecule has 1 fully saturated rings. The van der Waals surface area contributed by atoms with Gasteiger partial charge in [-0.15, -0.1) is 0 Å². The highest BCUT2D eigenvalue weighted by Crippen LogP contribution is 2.16. The van der Waals surface area contributed by atoms with Crippen molar-refractivity contribution in [3.05, 3.63) is 0 Å². The molecule has 0 spiro atoms. The molecule has 9 heavy (non-hydrogen) atoms. The molecule has 2 atom stereocenters. The van der Waals surface area contributed by atoms with E-state index in [1.54, 1.807) is 0 Å². The fraction of sp³-hybridized carbons (Fsp3) is 0.800. The van der Waals surface area contributed by atoms with Gasteiger partial charge in [-0.25, -0.2) is 4.39 Å². The molecule has 1 saturated heterocycles. The minimum Gasteiger partial charge on any atom is -0.481 e. The first-order valence-electron chi connectivity index (χ1n) is 2.66. The summed E-state index contributed by atoms with van der Waals surface area (Å²) in [5.74, 6) is -2.05. The number of hydrogen-bond donors (Lipinski definition) is 1. The smallest absolute Gasteiger partial charge is 0.311 e. The van der Waals surface area contributed by atoms with E-state index in [0.29, 0.717) is 0 Å². The molecule has 1 rings (SSSR count). The summed E-state index contributed by atoms with van der Waals surface area (Å²) in [5, 5.41) is 8.26. The van der Waals surface area contributed by atoms with Gasteiger partial charge in [-0.05, 0) is 0 Å². The molecule has 1 aliphatic heterocycles. The van der Waals surface area contributed by atoms with Crippen LogP contribution in [-0.2, 0) is 9.53 Å². The van der Waals surface area contributed by atoms with Gasteiger partial charge in [0.25, 0.3) is 0 Å². The first kappa shape index (κ1) is 6.48. The van der Waals surface area contributed by atoms with Crippen LogP contribution in [0.3, 0.4) is 0 Å². The molecule has 0 amide bonds. The largest absolute Gasteiger partial charge is 0.481 e. The van der Waals surface area contributed by atoms with E-state index in [1.807, 2.05) is 0 Å². The quantitative estimate of drug-likeness (QED) is 0.550. The Morgan fingerprint density at radius 2 is 2.33 bits per heavy atom. The minimum atomic E-state index is -1.32. The summed E-state index contributed by atoms with van der Waals surface area (Å²) < 4.78 is 16.9. The van der Waals surface area contributed by atoms with E-state index in [1.165, 1.54) is 0 Å². The van der Waals surface area contributed by atoms with Gasteiger partial charge >= 0.3 is 5.97 Å². The maximum Gasteiger partial charge on any atom is 0.311 e. The number of aliphatic carboxylic acids is 1. The zero-order valence-corrected chi connectivity index (χ0v) is 4.71. The lowest BCUT2D eigenvalue weighted by Crippen LogP contribution is -2.22. The topological polar surface area (TPSA) is 46.5 Å². The number of hydrogen-bond acceptors (Lipinski definition) is 2. The summed E-state index contributed by atoms with van der Waals surface area (Å²) in [4.78, 5) is 10.1. The van der Waals surface area contributed by atoms with Gasteiger partial charge < -0.3 is 9.84 Å². The highest BCUT2D eigenvalue weighted by Gasteiger charge is 2.33. The second kappa shape index (κ2) is 2.31. The Balaban J connectivity index is 2.49. The highest BCUT2D eigenvalue weighted by molar-refractivity contribution is 5.71. The molecule has 0 aromatic carbocycles. The third kappa shape index (κ3) is 1.18. The van der Waals surface area contributed by atoms with Crippen LogP contribution in [0.5, 0.6) is 0 Å². The first-order chi connectivity index (χ1) is 4.22. The summed E-state index contributed by atoms with van der Waals surface area (Å²) in [6.07, 6.45) is -1.32. The van der Waals surface area contributed by atoms with Gasteiger partial charge in [0, 0.05) is 0 Å². The van der Waals surface area contributed by atoms with Gasteiger partial charge in [0.1, 0.15) is 12.1 Å². The molecule has 0 aromatic rings. The van der Waals surface area contributed by atoms with Crippen LogP contribution in [0.25, 0.3) is 0 Å². The van der Waals surface area contributed by atoms with Crippen LogP contribution >= 0.6 is 0 Å². The number of halogens is 1. The number of ether oxygens (including phenoxy) is 1. The molecule has 0 aromatic heterocycles. The Labute approximate surface area is 51.4 Å². The molecule has 2 unspecified atom stereocenters. The molecule has 3 nitrogen and oxygen atoms in total. The Morgan fingerprint density at radius 3 is 2.56 bits per heavy atom. The number of carboxylic acid groups (broad SMARTS) is 1. The van der Waals surface area contributed by atoms with Crippen molar-refractivity contribution in [1.82, 2.24) is 0 Å². The lowest BCUT2D eigenvalue weighted by Gasteiger charge is -2.01. The van der Waals surface area contributed by atoms with E-state index in [-0.39, 0.29) is 13.2 Å². The third-order valence-electron chi connectivity index (χ3n) is 1.33. The summed E-state index contributed by atoms with van der Waals surface area (Å²) in [6, 6.07) is 0. The number of carbonyl (C=O) groups is 1. The van der Waals surface area contributed by atoms with E-state index in [2.05, 4.69) is 4.74 Å². The van der Waals surface area contributed by atoms with Crippen molar-refractivity contribution in [2.45, 2.75) is 6.17 Å². The highest BCUT2D eigenvalue weighted by atomic mass is 18.2. The maximum absolute atomic E-state index is 12.3. The molecular formula is C5H7FO3. The standard InChI is InChI=1S/C5H7FO3/c6-4-2-9-1-3(4)5(7)8/h3-4H,1-2H2,(H,7,8)/i6-1. The monoisotopic (exact) mass is 133 g/mol. The number of carboxylic acids is 1. The van der Waals surface area contributed by atoms with Gasteiger partial charge in [0.2, 0.25) is 0 Å². The normalized spacial score (nSPS) is 34.8. The molecular weight excluding hydrogens is 126 g/mol. The fourth-order valence-corrected chi connectivity index (χ4v) is 0.754. The van der Waals surface area contributed by atoms with Gasteiger partial charge in [0.05, 0.1) is 13.2 Å². The molecule has 0 radical (unpaired) electrons. The average molecular weight is 133 g/mol. The van der Waals surface area contributed by atoms with Crippen LogP contribution in [0, 0.1) is 5.92 Å². The molecule has 1 N–H and O–H groups in total. The van der Waals surface area contributed by atoms with Crippen LogP contribution in [0.15, 0.2) is 0 Å². The molecule has 0 bridgehead atoms. The number of rotatable bonds is 1. The SMILES string of the molecule is O=C(O)C1COCC1[18F]. The van der Waals surface area contributed by atoms with Crippen molar-refractivity contribution >= 4 is 5.97 Å². The lowest BCUT2D eigenvalue weighted by molar-refractivity contribution is -0.142. The minimum absolute atomic E-state index is 0.0104. The van der Waals surface area contributed by atoms with Gasteiger partial charge in [-0.1, -0.05) is 0 Å². The van der Waals surface area contributed by atoms with Crippen molar-refractivity contribution in [2.24, 2.45) is 5.92 Å². The van der Waals surface area contributed by atoms with E-state index in [4.69, 9.17) is 5.11 Å². The summed E-state index contributed by atoms with van der Waals surface area (Å²) in [6.45, 7) is -0.0620. The summed E-state index contributed by atoms with van der Waals surface area (Å²) >= 11 is 0. The zero-order chi connectivity index (χ0) is 6.85. The van der Waals surface area contributed by atoms with Crippen LogP contribution < -0.4 is 0 Å². The molecule has 1 heterocycles. The lowest BCUT2D eigenvalue weighted by atomic mass is 10.1. The predicted octanol–water partition coefficient (Wildman–Crippen LogP) is 0.0555. The predicted molar refractivity (Wildman–Crippen MR) is 26.8 cm³/mol. The molecule has 52 valence electrons. The molecule has 0 aliphatic carbocycles. The molecule has 0 saturated carbocycles. The summed E-state index contributed by atoms with van der Waals surface area (Å²) in [7, 11) is 0. The van der Waals surface area contributed by atoms with Crippen molar-refractivity contribution < 1.29 is 19.0 Å². The first-order valence-corrected chi connectivity index (χ1v) is 2.66. The zero-order valence-electron chi connectivity index (χ0n) is 4.71. The van der Waals surface area contributed by atoms with E-state index >= 15 is 0 Å². The van der Waals surface area contributed by atoms with Crippen molar-refractivity contribution in [3.63, 3.8) is 0 Å². The van der Waals surface area contributed by atoms with Gasteiger partial charge in [-0.2, -0.15) is 0 Å². The van der Waals surface area contributed by atoms with Crippen molar-refractivity contribution in [1.29, 1.82) is 0 Å². The van der Waals surface area contributed by atoms with Gasteiger partial charge in [0.15, 0.2) is 0 Å². The van der Waals surface area contributed by atoms with E-state index < -0.39 is 18.1 Å². The Morgan fingerprint density at radius 1 is 1.67 bits per heavy atom. The average Bonchev–Trinajstić information content (AvgIpc) is 2.13. The van der Waals surface area contributed by atoms with Crippen molar-refractivity contribution in [2.75, 3.05) is 13.2 Å².